The summed E-state index contributed by atoms with van der Waals surface area (Å²) in [5.41, 5.74) is 3.43. The zero-order chi connectivity index (χ0) is 22.9. The number of carbonyl (C=O) groups is 1. The largest absolute Gasteiger partial charge is 0.357 e. The van der Waals surface area contributed by atoms with Crippen LogP contribution in [0.1, 0.15) is 53.5 Å². The Kier molecular flexibility index (Phi) is 5.83. The van der Waals surface area contributed by atoms with Gasteiger partial charge in [0, 0.05) is 43.2 Å². The van der Waals surface area contributed by atoms with Crippen LogP contribution in [0.2, 0.25) is 0 Å². The molecule has 1 fully saturated rings. The molecule has 2 aromatic heterocycles. The number of carbonyl (C=O) groups excluding carboxylic acids is 1. The minimum Gasteiger partial charge on any atom is -0.357 e. The SMILES string of the molecule is CC1CCN(c2ccc(CNC(=O)c3nn(-c4ccc(F)c(F)c4)c4c3CCC4)cn2)CC1. The van der Waals surface area contributed by atoms with E-state index in [0.29, 0.717) is 17.9 Å². The summed E-state index contributed by atoms with van der Waals surface area (Å²) in [5.74, 6) is -0.378. The Bertz CT molecular complexity index is 1170. The van der Waals surface area contributed by atoms with E-state index in [-0.39, 0.29) is 5.91 Å². The summed E-state index contributed by atoms with van der Waals surface area (Å²) in [6.45, 7) is 4.68. The number of hydrogen-bond acceptors (Lipinski definition) is 4. The van der Waals surface area contributed by atoms with E-state index in [1.54, 1.807) is 10.9 Å². The molecule has 2 aliphatic rings. The lowest BCUT2D eigenvalue weighted by Gasteiger charge is -2.31. The van der Waals surface area contributed by atoms with Crippen molar-refractivity contribution in [1.82, 2.24) is 20.1 Å². The summed E-state index contributed by atoms with van der Waals surface area (Å²) in [6.07, 6.45) is 6.56. The van der Waals surface area contributed by atoms with Crippen molar-refractivity contribution in [2.75, 3.05) is 18.0 Å². The van der Waals surface area contributed by atoms with Gasteiger partial charge in [-0.1, -0.05) is 13.0 Å². The maximum absolute atomic E-state index is 13.8. The van der Waals surface area contributed by atoms with Gasteiger partial charge in [0.05, 0.1) is 5.69 Å². The first kappa shape index (κ1) is 21.6. The Morgan fingerprint density at radius 3 is 2.67 bits per heavy atom. The second-order valence-electron chi connectivity index (χ2n) is 9.01. The van der Waals surface area contributed by atoms with Crippen LogP contribution in [0.5, 0.6) is 0 Å². The molecule has 8 heteroatoms. The van der Waals surface area contributed by atoms with Crippen LogP contribution in [0.25, 0.3) is 5.69 Å². The zero-order valence-electron chi connectivity index (χ0n) is 18.7. The number of aromatic nitrogens is 3. The molecular formula is C25H27F2N5O. The van der Waals surface area contributed by atoms with Gasteiger partial charge in [0.15, 0.2) is 17.3 Å². The molecule has 0 spiro atoms. The highest BCUT2D eigenvalue weighted by Gasteiger charge is 2.27. The third-order valence-electron chi connectivity index (χ3n) is 6.66. The molecule has 1 aliphatic carbocycles. The molecular weight excluding hydrogens is 424 g/mol. The smallest absolute Gasteiger partial charge is 0.272 e. The fraction of sp³-hybridized carbons (Fsp3) is 0.400. The number of benzene rings is 1. The Hall–Kier alpha value is -3.29. The van der Waals surface area contributed by atoms with Gasteiger partial charge in [0.25, 0.3) is 5.91 Å². The first-order valence-electron chi connectivity index (χ1n) is 11.5. The van der Waals surface area contributed by atoms with Gasteiger partial charge in [-0.3, -0.25) is 4.79 Å². The Balaban J connectivity index is 1.28. The molecule has 1 amide bonds. The van der Waals surface area contributed by atoms with E-state index < -0.39 is 11.6 Å². The minimum atomic E-state index is -0.934. The number of rotatable bonds is 5. The maximum Gasteiger partial charge on any atom is 0.272 e. The second-order valence-corrected chi connectivity index (χ2v) is 9.01. The average molecular weight is 452 g/mol. The van der Waals surface area contributed by atoms with Crippen LogP contribution in [0.15, 0.2) is 36.5 Å². The summed E-state index contributed by atoms with van der Waals surface area (Å²) in [4.78, 5) is 19.8. The third-order valence-corrected chi connectivity index (χ3v) is 6.66. The topological polar surface area (TPSA) is 63.1 Å². The first-order chi connectivity index (χ1) is 16.0. The lowest BCUT2D eigenvalue weighted by Crippen LogP contribution is -2.33. The zero-order valence-corrected chi connectivity index (χ0v) is 18.7. The molecule has 3 heterocycles. The third kappa shape index (κ3) is 4.34. The number of anilines is 1. The predicted molar refractivity (Wildman–Crippen MR) is 122 cm³/mol. The van der Waals surface area contributed by atoms with E-state index in [9.17, 15) is 13.6 Å². The van der Waals surface area contributed by atoms with Crippen molar-refractivity contribution in [3.05, 3.63) is 70.7 Å². The Labute approximate surface area is 191 Å². The summed E-state index contributed by atoms with van der Waals surface area (Å²) in [7, 11) is 0. The minimum absolute atomic E-state index is 0.274. The first-order valence-corrected chi connectivity index (χ1v) is 11.5. The van der Waals surface area contributed by atoms with Gasteiger partial charge in [-0.15, -0.1) is 0 Å². The van der Waals surface area contributed by atoms with Gasteiger partial charge in [-0.2, -0.15) is 5.10 Å². The summed E-state index contributed by atoms with van der Waals surface area (Å²) in [6, 6.07) is 7.66. The van der Waals surface area contributed by atoms with Crippen LogP contribution < -0.4 is 10.2 Å². The number of nitrogens with one attached hydrogen (secondary N) is 1. The molecule has 6 nitrogen and oxygen atoms in total. The molecule has 0 radical (unpaired) electrons. The standard InChI is InChI=1S/C25H27F2N5O/c1-16-9-11-31(12-10-16)23-8-5-17(14-28-23)15-29-25(33)24-19-3-2-4-22(19)32(30-24)18-6-7-20(26)21(27)13-18/h5-8,13-14,16H,2-4,9-12,15H2,1H3,(H,29,33). The fourth-order valence-electron chi connectivity index (χ4n) is 4.66. The molecule has 5 rings (SSSR count). The van der Waals surface area contributed by atoms with Crippen LogP contribution in [0, 0.1) is 17.6 Å². The average Bonchev–Trinajstić information content (AvgIpc) is 3.43. The highest BCUT2D eigenvalue weighted by molar-refractivity contribution is 5.94. The van der Waals surface area contributed by atoms with Crippen molar-refractivity contribution in [3.8, 4) is 5.69 Å². The van der Waals surface area contributed by atoms with E-state index >= 15 is 0 Å². The lowest BCUT2D eigenvalue weighted by atomic mass is 9.99. The van der Waals surface area contributed by atoms with Crippen LogP contribution in [-0.2, 0) is 19.4 Å². The molecule has 1 saturated heterocycles. The van der Waals surface area contributed by atoms with Crippen molar-refractivity contribution in [2.24, 2.45) is 5.92 Å². The number of halogens is 2. The molecule has 1 N–H and O–H groups in total. The highest BCUT2D eigenvalue weighted by Crippen LogP contribution is 2.28. The van der Waals surface area contributed by atoms with Crippen molar-refractivity contribution < 1.29 is 13.6 Å². The molecule has 1 aromatic carbocycles. The van der Waals surface area contributed by atoms with Gasteiger partial charge in [0.1, 0.15) is 5.82 Å². The van der Waals surface area contributed by atoms with Crippen LogP contribution in [0.4, 0.5) is 14.6 Å². The Morgan fingerprint density at radius 1 is 1.12 bits per heavy atom. The predicted octanol–water partition coefficient (Wildman–Crippen LogP) is 4.20. The highest BCUT2D eigenvalue weighted by atomic mass is 19.2. The van der Waals surface area contributed by atoms with E-state index in [4.69, 9.17) is 0 Å². The van der Waals surface area contributed by atoms with Crippen LogP contribution in [-0.4, -0.2) is 33.8 Å². The molecule has 33 heavy (non-hydrogen) atoms. The van der Waals surface area contributed by atoms with E-state index in [1.807, 2.05) is 12.1 Å². The van der Waals surface area contributed by atoms with Crippen molar-refractivity contribution >= 4 is 11.7 Å². The van der Waals surface area contributed by atoms with E-state index in [0.717, 1.165) is 73.0 Å². The summed E-state index contributed by atoms with van der Waals surface area (Å²) < 4.78 is 28.7. The number of fused-ring (bicyclic) bond motifs is 1. The number of hydrogen-bond donors (Lipinski definition) is 1. The molecule has 0 saturated carbocycles. The molecule has 0 atom stereocenters. The molecule has 0 unspecified atom stereocenters. The maximum atomic E-state index is 13.8. The van der Waals surface area contributed by atoms with Gasteiger partial charge >= 0.3 is 0 Å². The lowest BCUT2D eigenvalue weighted by molar-refractivity contribution is 0.0944. The van der Waals surface area contributed by atoms with Gasteiger partial charge < -0.3 is 10.2 Å². The van der Waals surface area contributed by atoms with Crippen molar-refractivity contribution in [2.45, 2.75) is 45.6 Å². The quantitative estimate of drug-likeness (QED) is 0.632. The van der Waals surface area contributed by atoms with Crippen LogP contribution in [0.3, 0.4) is 0 Å². The second kappa shape index (κ2) is 8.92. The van der Waals surface area contributed by atoms with Gasteiger partial charge in [0.2, 0.25) is 0 Å². The van der Waals surface area contributed by atoms with E-state index in [2.05, 4.69) is 27.2 Å². The normalized spacial score (nSPS) is 16.2. The van der Waals surface area contributed by atoms with Crippen molar-refractivity contribution in [1.29, 1.82) is 0 Å². The number of amides is 1. The number of nitrogens with zero attached hydrogens (tertiary/aromatic N) is 4. The summed E-state index contributed by atoms with van der Waals surface area (Å²) in [5, 5.41) is 7.39. The fourth-order valence-corrected chi connectivity index (χ4v) is 4.66. The molecule has 1 aliphatic heterocycles. The van der Waals surface area contributed by atoms with Crippen LogP contribution >= 0.6 is 0 Å². The monoisotopic (exact) mass is 451 g/mol. The van der Waals surface area contributed by atoms with Crippen molar-refractivity contribution in [3.63, 3.8) is 0 Å². The summed E-state index contributed by atoms with van der Waals surface area (Å²) >= 11 is 0. The molecule has 0 bridgehead atoms. The Morgan fingerprint density at radius 2 is 1.94 bits per heavy atom. The molecule has 172 valence electrons. The van der Waals surface area contributed by atoms with Gasteiger partial charge in [-0.05, 0) is 61.8 Å². The van der Waals surface area contributed by atoms with Gasteiger partial charge in [-0.25, -0.2) is 18.4 Å². The number of piperidine rings is 1. The van der Waals surface area contributed by atoms with E-state index in [1.165, 1.54) is 18.9 Å². The molecule has 3 aromatic rings. The number of pyridine rings is 1.